The molecule has 4 heteroatoms. The Morgan fingerprint density at radius 3 is 2.50 bits per heavy atom. The molecule has 1 atom stereocenters. The molecule has 0 amide bonds. The molecule has 1 unspecified atom stereocenters. The summed E-state index contributed by atoms with van der Waals surface area (Å²) < 4.78 is 6.41. The molecule has 112 valence electrons. The van der Waals surface area contributed by atoms with Gasteiger partial charge in [0.2, 0.25) is 8.32 Å². The highest BCUT2D eigenvalue weighted by Gasteiger charge is 2.46. The Hall–Kier alpha value is -0.583. The minimum atomic E-state index is -1.91. The van der Waals surface area contributed by atoms with E-state index in [0.717, 1.165) is 29.0 Å². The van der Waals surface area contributed by atoms with Crippen LogP contribution in [0.5, 0.6) is 0 Å². The van der Waals surface area contributed by atoms with Gasteiger partial charge in [-0.15, -0.1) is 11.3 Å². The van der Waals surface area contributed by atoms with Crippen LogP contribution in [-0.2, 0) is 10.0 Å². The molecule has 20 heavy (non-hydrogen) atoms. The molecule has 1 aromatic rings. The second kappa shape index (κ2) is 5.00. The Morgan fingerprint density at radius 1 is 1.35 bits per heavy atom. The van der Waals surface area contributed by atoms with Gasteiger partial charge >= 0.3 is 0 Å². The van der Waals surface area contributed by atoms with Crippen molar-refractivity contribution in [3.05, 3.63) is 33.7 Å². The van der Waals surface area contributed by atoms with Gasteiger partial charge in [-0.1, -0.05) is 20.8 Å². The Kier molecular flexibility index (Phi) is 3.95. The van der Waals surface area contributed by atoms with Crippen LogP contribution < -0.4 is 0 Å². The van der Waals surface area contributed by atoms with Crippen LogP contribution in [0, 0.1) is 6.92 Å². The lowest BCUT2D eigenvalue weighted by Crippen LogP contribution is -2.43. The summed E-state index contributed by atoms with van der Waals surface area (Å²) in [6, 6.07) is 2.07. The van der Waals surface area contributed by atoms with Crippen molar-refractivity contribution in [3.63, 3.8) is 0 Å². The number of allylic oxidation sites excluding steroid dienone is 1. The van der Waals surface area contributed by atoms with Gasteiger partial charge < -0.3 is 9.53 Å². The van der Waals surface area contributed by atoms with Gasteiger partial charge in [-0.05, 0) is 61.0 Å². The third-order valence-electron chi connectivity index (χ3n) is 4.65. The number of rotatable bonds is 3. The molecular formula is C16H26O2SSi. The molecule has 0 saturated heterocycles. The molecule has 2 nitrogen and oxygen atoms in total. The molecule has 0 bridgehead atoms. The highest BCUT2D eigenvalue weighted by Crippen LogP contribution is 2.47. The topological polar surface area (TPSA) is 29.5 Å². The van der Waals surface area contributed by atoms with Crippen LogP contribution >= 0.6 is 11.3 Å². The van der Waals surface area contributed by atoms with Crippen molar-refractivity contribution in [2.45, 2.75) is 64.3 Å². The lowest BCUT2D eigenvalue weighted by molar-refractivity contribution is 0.0418. The van der Waals surface area contributed by atoms with Gasteiger partial charge in [0.15, 0.2) is 5.60 Å². The first-order valence-corrected chi connectivity index (χ1v) is 11.0. The number of aliphatic hydroxyl groups is 1. The standard InChI is InChI=1S/C16H26O2SSi/c1-12-9-11-19-14(12)16(17)10-7-8-13(16)18-20(5,6)15(2,3)4/h8-9,11,17H,7,10H2,1-6H3. The van der Waals surface area contributed by atoms with E-state index >= 15 is 0 Å². The molecular weight excluding hydrogens is 284 g/mol. The van der Waals surface area contributed by atoms with Crippen LogP contribution in [0.15, 0.2) is 23.3 Å². The lowest BCUT2D eigenvalue weighted by Gasteiger charge is -2.40. The average Bonchev–Trinajstić information content (AvgIpc) is 2.85. The molecule has 0 aliphatic heterocycles. The Balaban J connectivity index is 2.31. The van der Waals surface area contributed by atoms with Gasteiger partial charge in [0, 0.05) is 4.88 Å². The van der Waals surface area contributed by atoms with E-state index < -0.39 is 13.9 Å². The molecule has 0 fully saturated rings. The van der Waals surface area contributed by atoms with Gasteiger partial charge in [-0.25, -0.2) is 0 Å². The first kappa shape index (κ1) is 15.8. The van der Waals surface area contributed by atoms with E-state index in [-0.39, 0.29) is 5.04 Å². The summed E-state index contributed by atoms with van der Waals surface area (Å²) in [6.07, 6.45) is 3.70. The normalized spacial score (nSPS) is 23.9. The van der Waals surface area contributed by atoms with Crippen molar-refractivity contribution in [1.82, 2.24) is 0 Å². The van der Waals surface area contributed by atoms with E-state index in [1.54, 1.807) is 11.3 Å². The highest BCUT2D eigenvalue weighted by molar-refractivity contribution is 7.10. The molecule has 2 rings (SSSR count). The van der Waals surface area contributed by atoms with Gasteiger partial charge in [0.05, 0.1) is 0 Å². The molecule has 0 spiro atoms. The number of aryl methyl sites for hydroxylation is 1. The monoisotopic (exact) mass is 310 g/mol. The Labute approximate surface area is 127 Å². The zero-order chi connectivity index (χ0) is 15.2. The summed E-state index contributed by atoms with van der Waals surface area (Å²) in [5.41, 5.74) is 0.248. The van der Waals surface area contributed by atoms with Crippen LogP contribution in [0.1, 0.15) is 44.1 Å². The largest absolute Gasteiger partial charge is 0.544 e. The average molecular weight is 311 g/mol. The second-order valence-corrected chi connectivity index (χ2v) is 12.9. The summed E-state index contributed by atoms with van der Waals surface area (Å²) in [4.78, 5) is 1.04. The van der Waals surface area contributed by atoms with Gasteiger partial charge in [-0.3, -0.25) is 0 Å². The molecule has 1 aromatic heterocycles. The first-order valence-electron chi connectivity index (χ1n) is 7.24. The van der Waals surface area contributed by atoms with Gasteiger partial charge in [-0.2, -0.15) is 0 Å². The van der Waals surface area contributed by atoms with Gasteiger partial charge in [0.1, 0.15) is 5.76 Å². The predicted octanol–water partition coefficient (Wildman–Crippen LogP) is 4.94. The Bertz CT molecular complexity index is 525. The lowest BCUT2D eigenvalue weighted by atomic mass is 9.97. The SMILES string of the molecule is Cc1ccsc1C1(O)CCC=C1O[Si](C)(C)C(C)(C)C. The molecule has 0 radical (unpaired) electrons. The van der Waals surface area contributed by atoms with E-state index in [1.165, 1.54) is 0 Å². The molecule has 1 aliphatic carbocycles. The fourth-order valence-corrected chi connectivity index (χ4v) is 4.45. The van der Waals surface area contributed by atoms with Crippen molar-refractivity contribution in [2.24, 2.45) is 0 Å². The third-order valence-corrected chi connectivity index (χ3v) is 10.2. The van der Waals surface area contributed by atoms with Crippen molar-refractivity contribution in [2.75, 3.05) is 0 Å². The zero-order valence-corrected chi connectivity index (χ0v) is 15.2. The van der Waals surface area contributed by atoms with Crippen molar-refractivity contribution in [3.8, 4) is 0 Å². The summed E-state index contributed by atoms with van der Waals surface area (Å²) in [5, 5.41) is 13.3. The zero-order valence-electron chi connectivity index (χ0n) is 13.4. The van der Waals surface area contributed by atoms with Crippen molar-refractivity contribution in [1.29, 1.82) is 0 Å². The van der Waals surface area contributed by atoms with Crippen molar-refractivity contribution >= 4 is 19.7 Å². The number of thiophene rings is 1. The Morgan fingerprint density at radius 2 is 2.00 bits per heavy atom. The summed E-state index contributed by atoms with van der Waals surface area (Å²) >= 11 is 1.63. The van der Waals surface area contributed by atoms with Crippen LogP contribution in [0.4, 0.5) is 0 Å². The van der Waals surface area contributed by atoms with Crippen LogP contribution in [-0.4, -0.2) is 13.4 Å². The van der Waals surface area contributed by atoms with Crippen LogP contribution in [0.3, 0.4) is 0 Å². The maximum Gasteiger partial charge on any atom is 0.250 e. The fraction of sp³-hybridized carbons (Fsp3) is 0.625. The maximum absolute atomic E-state index is 11.2. The molecule has 0 aromatic carbocycles. The molecule has 1 aliphatic rings. The van der Waals surface area contributed by atoms with E-state index in [4.69, 9.17) is 4.43 Å². The van der Waals surface area contributed by atoms with E-state index in [1.807, 2.05) is 5.38 Å². The predicted molar refractivity (Wildman–Crippen MR) is 88.6 cm³/mol. The van der Waals surface area contributed by atoms with E-state index in [2.05, 4.69) is 52.9 Å². The minimum absolute atomic E-state index is 0.141. The highest BCUT2D eigenvalue weighted by atomic mass is 32.1. The smallest absolute Gasteiger partial charge is 0.250 e. The minimum Gasteiger partial charge on any atom is -0.544 e. The van der Waals surface area contributed by atoms with E-state index in [0.29, 0.717) is 0 Å². The van der Waals surface area contributed by atoms with Crippen LogP contribution in [0.25, 0.3) is 0 Å². The summed E-state index contributed by atoms with van der Waals surface area (Å²) in [7, 11) is -1.91. The molecule has 1 N–H and O–H groups in total. The molecule has 1 heterocycles. The third kappa shape index (κ3) is 2.61. The van der Waals surface area contributed by atoms with E-state index in [9.17, 15) is 5.11 Å². The first-order chi connectivity index (χ1) is 9.08. The fourth-order valence-electron chi connectivity index (χ4n) is 2.28. The quantitative estimate of drug-likeness (QED) is 0.801. The number of hydrogen-bond donors (Lipinski definition) is 1. The van der Waals surface area contributed by atoms with Crippen LogP contribution in [0.2, 0.25) is 18.1 Å². The summed E-state index contributed by atoms with van der Waals surface area (Å²) in [6.45, 7) is 13.2. The van der Waals surface area contributed by atoms with Crippen molar-refractivity contribution < 1.29 is 9.53 Å². The number of hydrogen-bond acceptors (Lipinski definition) is 3. The maximum atomic E-state index is 11.2. The molecule has 0 saturated carbocycles. The summed E-state index contributed by atoms with van der Waals surface area (Å²) in [5.74, 6) is 0.787. The second-order valence-electron chi connectivity index (χ2n) is 7.26. The van der Waals surface area contributed by atoms with Gasteiger partial charge in [0.25, 0.3) is 0 Å².